The zero-order valence-electron chi connectivity index (χ0n) is 11.7. The van der Waals surface area contributed by atoms with Gasteiger partial charge in [-0.1, -0.05) is 6.92 Å². The summed E-state index contributed by atoms with van der Waals surface area (Å²) in [6.45, 7) is 5.06. The highest BCUT2D eigenvalue weighted by atomic mass is 16.3. The Morgan fingerprint density at radius 2 is 1.89 bits per heavy atom. The first-order valence-corrected chi connectivity index (χ1v) is 6.45. The molecule has 1 atom stereocenters. The Hall–Kier alpha value is -1.75. The molecule has 0 aliphatic heterocycles. The monoisotopic (exact) mass is 266 g/mol. The van der Waals surface area contributed by atoms with Gasteiger partial charge in [0.05, 0.1) is 6.54 Å². The van der Waals surface area contributed by atoms with E-state index in [1.165, 1.54) is 6.07 Å². The van der Waals surface area contributed by atoms with Crippen LogP contribution in [0.4, 0.5) is 0 Å². The van der Waals surface area contributed by atoms with Crippen molar-refractivity contribution in [1.29, 1.82) is 0 Å². The minimum Gasteiger partial charge on any atom is -0.508 e. The Morgan fingerprint density at radius 3 is 2.37 bits per heavy atom. The Balaban J connectivity index is 2.91. The maximum absolute atomic E-state index is 11.5. The van der Waals surface area contributed by atoms with Crippen LogP contribution in [0.2, 0.25) is 0 Å². The molecule has 0 heterocycles. The van der Waals surface area contributed by atoms with E-state index in [-0.39, 0.29) is 23.4 Å². The Bertz CT molecular complexity index is 414. The van der Waals surface area contributed by atoms with Gasteiger partial charge in [-0.05, 0) is 37.6 Å². The van der Waals surface area contributed by atoms with E-state index in [4.69, 9.17) is 0 Å². The second-order valence-corrected chi connectivity index (χ2v) is 4.60. The fraction of sp³-hybridized carbons (Fsp3) is 0.500. The minimum absolute atomic E-state index is 0.0261. The lowest BCUT2D eigenvalue weighted by Gasteiger charge is -2.28. The Kier molecular flexibility index (Phi) is 5.63. The van der Waals surface area contributed by atoms with E-state index < -0.39 is 0 Å². The summed E-state index contributed by atoms with van der Waals surface area (Å²) in [7, 11) is 1.61. The molecule has 1 rings (SSSR count). The van der Waals surface area contributed by atoms with E-state index >= 15 is 0 Å². The molecule has 0 aliphatic rings. The summed E-state index contributed by atoms with van der Waals surface area (Å²) in [5.74, 6) is 0.00107. The van der Waals surface area contributed by atoms with Crippen molar-refractivity contribution < 1.29 is 15.0 Å². The van der Waals surface area contributed by atoms with Gasteiger partial charge >= 0.3 is 0 Å². The second-order valence-electron chi connectivity index (χ2n) is 4.60. The van der Waals surface area contributed by atoms with Gasteiger partial charge in [0.25, 0.3) is 0 Å². The molecule has 1 amide bonds. The molecule has 1 unspecified atom stereocenters. The van der Waals surface area contributed by atoms with Crippen molar-refractivity contribution in [2.45, 2.75) is 26.3 Å². The first kappa shape index (κ1) is 15.3. The van der Waals surface area contributed by atoms with E-state index in [0.717, 1.165) is 18.5 Å². The van der Waals surface area contributed by atoms with E-state index in [0.29, 0.717) is 6.54 Å². The number of aromatic hydroxyl groups is 2. The number of nitrogens with zero attached hydrogens (tertiary/aromatic N) is 1. The van der Waals surface area contributed by atoms with Crippen LogP contribution in [-0.2, 0) is 4.79 Å². The third kappa shape index (κ3) is 4.44. The highest BCUT2D eigenvalue weighted by Gasteiger charge is 2.18. The minimum atomic E-state index is -0.0600. The summed E-state index contributed by atoms with van der Waals surface area (Å²) in [5, 5.41) is 21.7. The van der Waals surface area contributed by atoms with Gasteiger partial charge < -0.3 is 15.5 Å². The Morgan fingerprint density at radius 1 is 1.32 bits per heavy atom. The highest BCUT2D eigenvalue weighted by molar-refractivity contribution is 5.77. The van der Waals surface area contributed by atoms with Gasteiger partial charge in [-0.3, -0.25) is 9.69 Å². The summed E-state index contributed by atoms with van der Waals surface area (Å²) in [4.78, 5) is 13.5. The average Bonchev–Trinajstić information content (AvgIpc) is 2.36. The van der Waals surface area contributed by atoms with Crippen molar-refractivity contribution in [3.63, 3.8) is 0 Å². The maximum atomic E-state index is 11.5. The first-order chi connectivity index (χ1) is 8.97. The first-order valence-electron chi connectivity index (χ1n) is 6.45. The van der Waals surface area contributed by atoms with Crippen molar-refractivity contribution in [2.75, 3.05) is 20.1 Å². The Labute approximate surface area is 113 Å². The number of carbonyl (C=O) groups is 1. The van der Waals surface area contributed by atoms with E-state index in [9.17, 15) is 15.0 Å². The number of benzene rings is 1. The molecule has 5 heteroatoms. The van der Waals surface area contributed by atoms with Crippen LogP contribution in [0.25, 0.3) is 0 Å². The van der Waals surface area contributed by atoms with Crippen LogP contribution in [0.3, 0.4) is 0 Å². The lowest BCUT2D eigenvalue weighted by atomic mass is 10.1. The number of phenolic OH excluding ortho intramolecular Hbond substituents is 2. The van der Waals surface area contributed by atoms with Crippen molar-refractivity contribution in [3.8, 4) is 11.5 Å². The zero-order chi connectivity index (χ0) is 14.4. The molecule has 1 aromatic rings. The van der Waals surface area contributed by atoms with Crippen LogP contribution in [-0.4, -0.2) is 41.2 Å². The van der Waals surface area contributed by atoms with E-state index in [1.54, 1.807) is 19.2 Å². The van der Waals surface area contributed by atoms with E-state index in [1.807, 2.05) is 18.7 Å². The molecule has 0 aromatic heterocycles. The van der Waals surface area contributed by atoms with Gasteiger partial charge in [-0.2, -0.15) is 0 Å². The highest BCUT2D eigenvalue weighted by Crippen LogP contribution is 2.28. The lowest BCUT2D eigenvalue weighted by Crippen LogP contribution is -2.37. The summed E-state index contributed by atoms with van der Waals surface area (Å²) in [6.07, 6.45) is 0.923. The van der Waals surface area contributed by atoms with Crippen molar-refractivity contribution in [2.24, 2.45) is 0 Å². The quantitative estimate of drug-likeness (QED) is 0.731. The molecule has 5 nitrogen and oxygen atoms in total. The summed E-state index contributed by atoms with van der Waals surface area (Å²) < 4.78 is 0. The number of rotatable bonds is 6. The van der Waals surface area contributed by atoms with Crippen LogP contribution in [0, 0.1) is 0 Å². The largest absolute Gasteiger partial charge is 0.508 e. The molecule has 0 saturated carbocycles. The molecule has 0 aliphatic carbocycles. The maximum Gasteiger partial charge on any atom is 0.233 e. The van der Waals surface area contributed by atoms with Gasteiger partial charge in [0.15, 0.2) is 0 Å². The van der Waals surface area contributed by atoms with E-state index in [2.05, 4.69) is 5.32 Å². The summed E-state index contributed by atoms with van der Waals surface area (Å²) >= 11 is 0. The summed E-state index contributed by atoms with van der Waals surface area (Å²) in [6, 6.07) is 4.45. The molecule has 1 aromatic carbocycles. The third-order valence-corrected chi connectivity index (χ3v) is 3.09. The molecule has 0 fully saturated rings. The second kappa shape index (κ2) is 6.99. The van der Waals surface area contributed by atoms with Crippen molar-refractivity contribution in [1.82, 2.24) is 10.2 Å². The number of hydrogen-bond donors (Lipinski definition) is 3. The smallest absolute Gasteiger partial charge is 0.233 e. The molecule has 0 saturated heterocycles. The fourth-order valence-corrected chi connectivity index (χ4v) is 2.03. The summed E-state index contributed by atoms with van der Waals surface area (Å²) in [5.41, 5.74) is 0.787. The average molecular weight is 266 g/mol. The van der Waals surface area contributed by atoms with Gasteiger partial charge in [0, 0.05) is 19.2 Å². The number of amides is 1. The number of carbonyl (C=O) groups excluding carboxylic acids is 1. The van der Waals surface area contributed by atoms with Crippen LogP contribution >= 0.6 is 0 Å². The molecule has 0 bridgehead atoms. The molecule has 0 spiro atoms. The zero-order valence-corrected chi connectivity index (χ0v) is 11.7. The SMILES string of the molecule is CCCN(CC(=O)NC)C(C)c1cc(O)cc(O)c1. The standard InChI is InChI=1S/C14H22N2O3/c1-4-5-16(9-14(19)15-3)10(2)11-6-12(17)8-13(18)7-11/h6-8,10,17-18H,4-5,9H2,1-3H3,(H,15,19). The van der Waals surface area contributed by atoms with Crippen LogP contribution in [0.15, 0.2) is 18.2 Å². The predicted octanol–water partition coefficient (Wildman–Crippen LogP) is 1.62. The van der Waals surface area contributed by atoms with Gasteiger partial charge in [-0.25, -0.2) is 0 Å². The molecule has 19 heavy (non-hydrogen) atoms. The number of nitrogens with one attached hydrogen (secondary N) is 1. The predicted molar refractivity (Wildman–Crippen MR) is 74.1 cm³/mol. The molecule has 0 radical (unpaired) electrons. The van der Waals surface area contributed by atoms with Crippen molar-refractivity contribution in [3.05, 3.63) is 23.8 Å². The molecule has 3 N–H and O–H groups in total. The number of phenols is 2. The lowest BCUT2D eigenvalue weighted by molar-refractivity contribution is -0.122. The van der Waals surface area contributed by atoms with Crippen LogP contribution in [0.5, 0.6) is 11.5 Å². The number of hydrogen-bond acceptors (Lipinski definition) is 4. The molecular formula is C14H22N2O3. The molecular weight excluding hydrogens is 244 g/mol. The number of likely N-dealkylation sites (N-methyl/N-ethyl adjacent to an activating group) is 1. The fourth-order valence-electron chi connectivity index (χ4n) is 2.03. The third-order valence-electron chi connectivity index (χ3n) is 3.09. The topological polar surface area (TPSA) is 72.8 Å². The van der Waals surface area contributed by atoms with Gasteiger partial charge in [0.1, 0.15) is 11.5 Å². The van der Waals surface area contributed by atoms with Crippen LogP contribution in [0.1, 0.15) is 31.9 Å². The molecule has 106 valence electrons. The van der Waals surface area contributed by atoms with Gasteiger partial charge in [-0.15, -0.1) is 0 Å². The normalized spacial score (nSPS) is 12.4. The van der Waals surface area contributed by atoms with Crippen molar-refractivity contribution >= 4 is 5.91 Å². The van der Waals surface area contributed by atoms with Gasteiger partial charge in [0.2, 0.25) is 5.91 Å². The van der Waals surface area contributed by atoms with Crippen LogP contribution < -0.4 is 5.32 Å².